The summed E-state index contributed by atoms with van der Waals surface area (Å²) in [5.74, 6) is 0.406. The van der Waals surface area contributed by atoms with Crippen LogP contribution in [0.5, 0.6) is 0 Å². The monoisotopic (exact) mass is 271 g/mol. The fourth-order valence-electron chi connectivity index (χ4n) is 4.53. The van der Waals surface area contributed by atoms with E-state index in [4.69, 9.17) is 5.73 Å². The van der Waals surface area contributed by atoms with E-state index in [2.05, 4.69) is 34.5 Å². The molecule has 2 saturated heterocycles. The van der Waals surface area contributed by atoms with Crippen molar-refractivity contribution in [3.63, 3.8) is 0 Å². The molecule has 4 unspecified atom stereocenters. The zero-order chi connectivity index (χ0) is 13.7. The molecule has 1 aromatic rings. The Morgan fingerprint density at radius 3 is 2.95 bits per heavy atom. The van der Waals surface area contributed by atoms with Gasteiger partial charge in [-0.25, -0.2) is 0 Å². The number of piperidine rings is 2. The number of nitrogens with two attached hydrogens (primary N) is 1. The van der Waals surface area contributed by atoms with E-state index < -0.39 is 0 Å². The number of hydrogen-bond acceptors (Lipinski definition) is 3. The number of nitrogens with zero attached hydrogens (tertiary/aromatic N) is 1. The third kappa shape index (κ3) is 1.67. The predicted octanol–water partition coefficient (Wildman–Crippen LogP) is 1.53. The molecule has 4 nitrogen and oxygen atoms in total. The van der Waals surface area contributed by atoms with Crippen molar-refractivity contribution in [3.8, 4) is 0 Å². The van der Waals surface area contributed by atoms with Gasteiger partial charge < -0.3 is 11.1 Å². The number of rotatable bonds is 1. The summed E-state index contributed by atoms with van der Waals surface area (Å²) in [7, 11) is 0. The lowest BCUT2D eigenvalue weighted by Gasteiger charge is -2.48. The van der Waals surface area contributed by atoms with Crippen LogP contribution >= 0.6 is 0 Å². The summed E-state index contributed by atoms with van der Waals surface area (Å²) in [4.78, 5) is 14.3. The maximum Gasteiger partial charge on any atom is 0.222 e. The molecule has 0 radical (unpaired) electrons. The number of para-hydroxylation sites is 1. The predicted molar refractivity (Wildman–Crippen MR) is 78.5 cm³/mol. The number of carbonyl (C=O) groups excluding carboxylic acids is 1. The highest BCUT2D eigenvalue weighted by Gasteiger charge is 2.48. The number of amides is 1. The van der Waals surface area contributed by atoms with Crippen LogP contribution in [0.1, 0.15) is 30.7 Å². The van der Waals surface area contributed by atoms with Crippen molar-refractivity contribution in [2.24, 2.45) is 11.7 Å². The molecule has 4 heteroatoms. The van der Waals surface area contributed by atoms with E-state index in [-0.39, 0.29) is 17.9 Å². The first-order valence-corrected chi connectivity index (χ1v) is 7.64. The molecule has 3 N–H and O–H groups in total. The molecular weight excluding hydrogens is 250 g/mol. The minimum absolute atomic E-state index is 0.00152. The molecule has 0 aliphatic carbocycles. The van der Waals surface area contributed by atoms with E-state index in [0.717, 1.165) is 25.9 Å². The maximum atomic E-state index is 11.8. The molecule has 3 heterocycles. The van der Waals surface area contributed by atoms with Crippen LogP contribution in [0, 0.1) is 5.92 Å². The van der Waals surface area contributed by atoms with Gasteiger partial charge in [-0.3, -0.25) is 9.69 Å². The third-order valence-electron chi connectivity index (χ3n) is 5.37. The van der Waals surface area contributed by atoms with Crippen molar-refractivity contribution in [1.29, 1.82) is 0 Å². The van der Waals surface area contributed by atoms with Gasteiger partial charge in [-0.15, -0.1) is 0 Å². The third-order valence-corrected chi connectivity index (χ3v) is 5.37. The van der Waals surface area contributed by atoms with Gasteiger partial charge in [-0.2, -0.15) is 0 Å². The highest BCUT2D eigenvalue weighted by molar-refractivity contribution is 5.78. The van der Waals surface area contributed by atoms with E-state index in [1.165, 1.54) is 17.7 Å². The Morgan fingerprint density at radius 2 is 2.10 bits per heavy atom. The molecule has 0 spiro atoms. The molecule has 20 heavy (non-hydrogen) atoms. The van der Waals surface area contributed by atoms with Gasteiger partial charge in [0.15, 0.2) is 0 Å². The van der Waals surface area contributed by atoms with Crippen LogP contribution in [-0.2, 0) is 4.79 Å². The molecule has 4 rings (SSSR count). The highest BCUT2D eigenvalue weighted by Crippen LogP contribution is 2.46. The number of carbonyl (C=O) groups is 1. The molecule has 0 bridgehead atoms. The van der Waals surface area contributed by atoms with Crippen LogP contribution < -0.4 is 11.1 Å². The molecule has 0 aromatic heterocycles. The van der Waals surface area contributed by atoms with E-state index in [9.17, 15) is 4.79 Å². The Hall–Kier alpha value is -1.55. The van der Waals surface area contributed by atoms with Crippen molar-refractivity contribution in [1.82, 2.24) is 4.90 Å². The molecule has 1 amide bonds. The lowest BCUT2D eigenvalue weighted by Crippen LogP contribution is -2.60. The molecule has 4 atom stereocenters. The summed E-state index contributed by atoms with van der Waals surface area (Å²) in [6.07, 6.45) is 3.21. The van der Waals surface area contributed by atoms with Crippen LogP contribution in [-0.4, -0.2) is 36.0 Å². The van der Waals surface area contributed by atoms with Gasteiger partial charge in [0.05, 0.1) is 5.92 Å². The summed E-state index contributed by atoms with van der Waals surface area (Å²) < 4.78 is 0. The van der Waals surface area contributed by atoms with E-state index in [1.54, 1.807) is 0 Å². The minimum atomic E-state index is -0.127. The first-order chi connectivity index (χ1) is 9.75. The number of benzene rings is 1. The first kappa shape index (κ1) is 12.2. The van der Waals surface area contributed by atoms with E-state index >= 15 is 0 Å². The van der Waals surface area contributed by atoms with Crippen molar-refractivity contribution in [3.05, 3.63) is 29.8 Å². The summed E-state index contributed by atoms with van der Waals surface area (Å²) in [5.41, 5.74) is 8.34. The fourth-order valence-corrected chi connectivity index (χ4v) is 4.53. The van der Waals surface area contributed by atoms with E-state index in [1.807, 2.05) is 0 Å². The second-order valence-electron chi connectivity index (χ2n) is 6.33. The lowest BCUT2D eigenvalue weighted by atomic mass is 9.75. The van der Waals surface area contributed by atoms with Crippen molar-refractivity contribution in [2.75, 3.05) is 18.4 Å². The van der Waals surface area contributed by atoms with Gasteiger partial charge in [-0.05, 0) is 44.0 Å². The van der Waals surface area contributed by atoms with Gasteiger partial charge in [0.2, 0.25) is 5.91 Å². The van der Waals surface area contributed by atoms with Crippen molar-refractivity contribution >= 4 is 11.6 Å². The number of hydrogen-bond donors (Lipinski definition) is 2. The van der Waals surface area contributed by atoms with Gasteiger partial charge in [0.1, 0.15) is 0 Å². The standard InChI is InChI=1S/C16H21N3O/c17-16(20)12-5-3-8-19-9-7-11-10-4-1-2-6-13(10)18-14(11)15(12)19/h1-2,4,6,11-12,14-15,18H,3,5,7-9H2,(H2,17,20). The van der Waals surface area contributed by atoms with Crippen LogP contribution in [0.25, 0.3) is 0 Å². The molecule has 3 aliphatic rings. The molecule has 0 saturated carbocycles. The summed E-state index contributed by atoms with van der Waals surface area (Å²) in [5, 5.41) is 3.67. The summed E-state index contributed by atoms with van der Waals surface area (Å²) in [6, 6.07) is 9.19. The zero-order valence-electron chi connectivity index (χ0n) is 11.6. The normalized spacial score (nSPS) is 35.6. The highest BCUT2D eigenvalue weighted by atomic mass is 16.1. The smallest absolute Gasteiger partial charge is 0.222 e. The average molecular weight is 271 g/mol. The zero-order valence-corrected chi connectivity index (χ0v) is 11.6. The number of primary amides is 1. The van der Waals surface area contributed by atoms with Gasteiger partial charge >= 0.3 is 0 Å². The molecular formula is C16H21N3O. The Kier molecular flexibility index (Phi) is 2.74. The average Bonchev–Trinajstić information content (AvgIpc) is 2.85. The lowest BCUT2D eigenvalue weighted by molar-refractivity contribution is -0.126. The fraction of sp³-hybridized carbons (Fsp3) is 0.562. The molecule has 3 aliphatic heterocycles. The Labute approximate surface area is 119 Å². The molecule has 2 fully saturated rings. The van der Waals surface area contributed by atoms with Crippen LogP contribution in [0.2, 0.25) is 0 Å². The Morgan fingerprint density at radius 1 is 1.25 bits per heavy atom. The maximum absolute atomic E-state index is 11.8. The SMILES string of the molecule is NC(=O)C1CCCN2CCC3c4ccccc4NC3C12. The van der Waals surface area contributed by atoms with E-state index in [0.29, 0.717) is 12.0 Å². The summed E-state index contributed by atoms with van der Waals surface area (Å²) >= 11 is 0. The van der Waals surface area contributed by atoms with Gasteiger partial charge in [-0.1, -0.05) is 18.2 Å². The summed E-state index contributed by atoms with van der Waals surface area (Å²) in [6.45, 7) is 2.20. The Balaban J connectivity index is 1.70. The topological polar surface area (TPSA) is 58.4 Å². The Bertz CT molecular complexity index is 544. The number of fused-ring (bicyclic) bond motifs is 5. The van der Waals surface area contributed by atoms with Crippen molar-refractivity contribution in [2.45, 2.75) is 37.3 Å². The number of nitrogens with one attached hydrogen (secondary N) is 1. The largest absolute Gasteiger partial charge is 0.380 e. The second kappa shape index (κ2) is 4.48. The van der Waals surface area contributed by atoms with Crippen molar-refractivity contribution < 1.29 is 4.79 Å². The van der Waals surface area contributed by atoms with Crippen LogP contribution in [0.4, 0.5) is 5.69 Å². The molecule has 106 valence electrons. The first-order valence-electron chi connectivity index (χ1n) is 7.64. The van der Waals surface area contributed by atoms with Crippen LogP contribution in [0.3, 0.4) is 0 Å². The quantitative estimate of drug-likeness (QED) is 0.814. The second-order valence-corrected chi connectivity index (χ2v) is 6.33. The van der Waals surface area contributed by atoms with Gasteiger partial charge in [0.25, 0.3) is 0 Å². The minimum Gasteiger partial charge on any atom is -0.380 e. The molecule has 1 aromatic carbocycles. The van der Waals surface area contributed by atoms with Crippen LogP contribution in [0.15, 0.2) is 24.3 Å². The number of anilines is 1. The van der Waals surface area contributed by atoms with Gasteiger partial charge in [0, 0.05) is 23.7 Å².